The lowest BCUT2D eigenvalue weighted by Crippen LogP contribution is -2.42. The molecule has 0 saturated carbocycles. The minimum atomic E-state index is -0.642. The first-order valence-electron chi connectivity index (χ1n) is 9.58. The molecule has 0 spiro atoms. The highest BCUT2D eigenvalue weighted by molar-refractivity contribution is 7.18. The van der Waals surface area contributed by atoms with Crippen molar-refractivity contribution >= 4 is 39.8 Å². The van der Waals surface area contributed by atoms with Crippen LogP contribution in [0, 0.1) is 6.92 Å². The number of carbonyl (C=O) groups is 3. The number of carbonyl (C=O) groups excluding carboxylic acids is 3. The van der Waals surface area contributed by atoms with Gasteiger partial charge >= 0.3 is 5.97 Å². The Hall–Kier alpha value is -2.87. The Balaban J connectivity index is 1.85. The van der Waals surface area contributed by atoms with Crippen LogP contribution < -0.4 is 16.0 Å². The van der Waals surface area contributed by atoms with Crippen LogP contribution in [0.4, 0.5) is 10.7 Å². The molecule has 2 heterocycles. The standard InChI is InChI=1S/C21H25N3O4S/c1-4-28-21(27)17-13(3)18(19(22)26)29-20(17)23-16(25)11-24-12(2)9-10-14-7-5-6-8-15(14)24/h5-8,12H,4,9-11H2,1-3H3,(H2,22,26)(H,23,25)/t12-/m1/s1. The van der Waals surface area contributed by atoms with Crippen LogP contribution in [0.3, 0.4) is 0 Å². The van der Waals surface area contributed by atoms with E-state index in [1.807, 2.05) is 18.2 Å². The van der Waals surface area contributed by atoms with Gasteiger partial charge in [0.15, 0.2) is 0 Å². The van der Waals surface area contributed by atoms with Crippen LogP contribution in [-0.2, 0) is 16.0 Å². The molecule has 0 saturated heterocycles. The van der Waals surface area contributed by atoms with Crippen molar-refractivity contribution in [2.75, 3.05) is 23.4 Å². The maximum atomic E-state index is 12.8. The zero-order valence-electron chi connectivity index (χ0n) is 16.8. The molecule has 0 bridgehead atoms. The lowest BCUT2D eigenvalue weighted by atomic mass is 9.96. The minimum absolute atomic E-state index is 0.142. The highest BCUT2D eigenvalue weighted by Gasteiger charge is 2.28. The smallest absolute Gasteiger partial charge is 0.341 e. The molecule has 3 N–H and O–H groups in total. The fraction of sp³-hybridized carbons (Fsp3) is 0.381. The molecule has 2 aromatic rings. The van der Waals surface area contributed by atoms with E-state index in [1.54, 1.807) is 13.8 Å². The molecule has 1 aliphatic rings. The van der Waals surface area contributed by atoms with Crippen molar-refractivity contribution in [1.82, 2.24) is 0 Å². The molecule has 3 rings (SSSR count). The SMILES string of the molecule is CCOC(=O)c1c(NC(=O)CN2c3ccccc3CC[C@H]2C)sc(C(N)=O)c1C. The van der Waals surface area contributed by atoms with Gasteiger partial charge in [-0.15, -0.1) is 11.3 Å². The number of fused-ring (bicyclic) bond motifs is 1. The molecular weight excluding hydrogens is 390 g/mol. The molecule has 29 heavy (non-hydrogen) atoms. The topological polar surface area (TPSA) is 102 Å². The monoisotopic (exact) mass is 415 g/mol. The average Bonchev–Trinajstić information content (AvgIpc) is 3.00. The Morgan fingerprint density at radius 3 is 2.72 bits per heavy atom. The summed E-state index contributed by atoms with van der Waals surface area (Å²) in [6, 6.07) is 8.27. The van der Waals surface area contributed by atoms with Crippen LogP contribution in [0.25, 0.3) is 0 Å². The van der Waals surface area contributed by atoms with Crippen LogP contribution in [0.2, 0.25) is 0 Å². The molecule has 0 aliphatic carbocycles. The zero-order valence-corrected chi connectivity index (χ0v) is 17.6. The van der Waals surface area contributed by atoms with E-state index < -0.39 is 11.9 Å². The Bertz CT molecular complexity index is 953. The number of aryl methyl sites for hydroxylation is 1. The number of nitrogens with one attached hydrogen (secondary N) is 1. The van der Waals surface area contributed by atoms with E-state index in [0.29, 0.717) is 5.56 Å². The van der Waals surface area contributed by atoms with Crippen LogP contribution in [0.5, 0.6) is 0 Å². The Morgan fingerprint density at radius 1 is 1.31 bits per heavy atom. The van der Waals surface area contributed by atoms with Gasteiger partial charge in [0.25, 0.3) is 5.91 Å². The van der Waals surface area contributed by atoms with Crippen LogP contribution in [-0.4, -0.2) is 37.0 Å². The van der Waals surface area contributed by atoms with Crippen molar-refractivity contribution < 1.29 is 19.1 Å². The number of nitrogens with two attached hydrogens (primary N) is 1. The number of rotatable bonds is 6. The Morgan fingerprint density at radius 2 is 2.03 bits per heavy atom. The molecular formula is C21H25N3O4S. The summed E-state index contributed by atoms with van der Waals surface area (Å²) < 4.78 is 5.09. The summed E-state index contributed by atoms with van der Waals surface area (Å²) >= 11 is 0.999. The summed E-state index contributed by atoms with van der Waals surface area (Å²) in [5.41, 5.74) is 8.30. The minimum Gasteiger partial charge on any atom is -0.462 e. The Kier molecular flexibility index (Phi) is 6.22. The molecule has 0 radical (unpaired) electrons. The van der Waals surface area contributed by atoms with Gasteiger partial charge in [0.05, 0.1) is 23.6 Å². The van der Waals surface area contributed by atoms with E-state index in [0.717, 1.165) is 29.9 Å². The fourth-order valence-electron chi connectivity index (χ4n) is 3.61. The molecule has 1 aliphatic heterocycles. The van der Waals surface area contributed by atoms with Gasteiger partial charge in [-0.05, 0) is 50.8 Å². The highest BCUT2D eigenvalue weighted by Crippen LogP contribution is 2.34. The molecule has 2 amide bonds. The molecule has 8 heteroatoms. The summed E-state index contributed by atoms with van der Waals surface area (Å²) in [4.78, 5) is 39.2. The normalized spacial score (nSPS) is 15.6. The number of amides is 2. The zero-order chi connectivity index (χ0) is 21.1. The third kappa shape index (κ3) is 4.27. The lowest BCUT2D eigenvalue weighted by molar-refractivity contribution is -0.115. The summed E-state index contributed by atoms with van der Waals surface area (Å²) in [5, 5.41) is 3.08. The number of anilines is 2. The quantitative estimate of drug-likeness (QED) is 0.706. The maximum Gasteiger partial charge on any atom is 0.341 e. The summed E-state index contributed by atoms with van der Waals surface area (Å²) in [5.74, 6) is -1.49. The van der Waals surface area contributed by atoms with Crippen molar-refractivity contribution in [3.05, 3.63) is 45.8 Å². The molecule has 1 aromatic carbocycles. The number of hydrogen-bond donors (Lipinski definition) is 2. The van der Waals surface area contributed by atoms with Gasteiger partial charge in [0.1, 0.15) is 5.00 Å². The van der Waals surface area contributed by atoms with E-state index in [4.69, 9.17) is 10.5 Å². The summed E-state index contributed by atoms with van der Waals surface area (Å²) in [6.07, 6.45) is 1.94. The van der Waals surface area contributed by atoms with Crippen LogP contribution in [0.15, 0.2) is 24.3 Å². The van der Waals surface area contributed by atoms with Gasteiger partial charge in [0.2, 0.25) is 5.91 Å². The van der Waals surface area contributed by atoms with Crippen molar-refractivity contribution in [3.8, 4) is 0 Å². The molecule has 1 atom stereocenters. The van der Waals surface area contributed by atoms with Gasteiger partial charge in [-0.3, -0.25) is 9.59 Å². The lowest BCUT2D eigenvalue weighted by Gasteiger charge is -2.36. The van der Waals surface area contributed by atoms with E-state index >= 15 is 0 Å². The van der Waals surface area contributed by atoms with Gasteiger partial charge in [-0.25, -0.2) is 4.79 Å². The Labute approximate surface area is 173 Å². The molecule has 1 aromatic heterocycles. The first kappa shape index (κ1) is 20.9. The number of ether oxygens (including phenoxy) is 1. The second kappa shape index (κ2) is 8.65. The molecule has 154 valence electrons. The third-order valence-electron chi connectivity index (χ3n) is 5.08. The van der Waals surface area contributed by atoms with E-state index in [2.05, 4.69) is 23.2 Å². The molecule has 0 fully saturated rings. The number of thiophene rings is 1. The second-order valence-electron chi connectivity index (χ2n) is 7.04. The van der Waals surface area contributed by atoms with Crippen molar-refractivity contribution in [2.45, 2.75) is 39.7 Å². The number of esters is 1. The van der Waals surface area contributed by atoms with Gasteiger partial charge in [-0.1, -0.05) is 18.2 Å². The van der Waals surface area contributed by atoms with Crippen molar-refractivity contribution in [2.24, 2.45) is 5.73 Å². The fourth-order valence-corrected chi connectivity index (χ4v) is 4.67. The predicted molar refractivity (Wildman–Crippen MR) is 114 cm³/mol. The number of benzene rings is 1. The van der Waals surface area contributed by atoms with E-state index in [-0.39, 0.29) is 40.5 Å². The van der Waals surface area contributed by atoms with Crippen molar-refractivity contribution in [1.29, 1.82) is 0 Å². The largest absolute Gasteiger partial charge is 0.462 e. The third-order valence-corrected chi connectivity index (χ3v) is 6.30. The highest BCUT2D eigenvalue weighted by atomic mass is 32.1. The molecule has 0 unspecified atom stereocenters. The van der Waals surface area contributed by atoms with Gasteiger partial charge in [-0.2, -0.15) is 0 Å². The van der Waals surface area contributed by atoms with Crippen LogP contribution >= 0.6 is 11.3 Å². The summed E-state index contributed by atoms with van der Waals surface area (Å²) in [6.45, 7) is 5.75. The first-order chi connectivity index (χ1) is 13.8. The predicted octanol–water partition coefficient (Wildman–Crippen LogP) is 3.11. The van der Waals surface area contributed by atoms with Crippen LogP contribution in [0.1, 0.15) is 51.4 Å². The first-order valence-corrected chi connectivity index (χ1v) is 10.4. The maximum absolute atomic E-state index is 12.8. The van der Waals surface area contributed by atoms with Crippen molar-refractivity contribution in [3.63, 3.8) is 0 Å². The second-order valence-corrected chi connectivity index (χ2v) is 8.06. The van der Waals surface area contributed by atoms with E-state index in [9.17, 15) is 14.4 Å². The summed E-state index contributed by atoms with van der Waals surface area (Å²) in [7, 11) is 0. The number of para-hydroxylation sites is 1. The number of hydrogen-bond acceptors (Lipinski definition) is 6. The van der Waals surface area contributed by atoms with E-state index in [1.165, 1.54) is 5.56 Å². The van der Waals surface area contributed by atoms with Gasteiger partial charge < -0.3 is 20.7 Å². The number of primary amides is 1. The average molecular weight is 416 g/mol. The molecule has 7 nitrogen and oxygen atoms in total. The van der Waals surface area contributed by atoms with Gasteiger partial charge in [0, 0.05) is 11.7 Å². The number of nitrogens with zero attached hydrogens (tertiary/aromatic N) is 1.